The Labute approximate surface area is 314 Å². The van der Waals surface area contributed by atoms with Gasteiger partial charge in [-0.25, -0.2) is 4.90 Å². The molecule has 0 bridgehead atoms. The number of allylic oxidation sites excluding steroid dienone is 4. The molecule has 256 valence electrons. The third-order valence-corrected chi connectivity index (χ3v) is 12.6. The van der Waals surface area contributed by atoms with Crippen LogP contribution in [0.3, 0.4) is 0 Å². The molecular weight excluding hydrogens is 777 g/mol. The molecule has 1 N–H and O–H groups in total. The SMILES string of the molecule is COc1cc(C2C3=CCC4C(=O)N(c5ccc(C)c(Cl)c5)C(=O)C4C3CC3C(=O)C(c4ccccc4)=CC(=O)C32c2ccccc2)cc(I)c1O. The summed E-state index contributed by atoms with van der Waals surface area (Å²) in [5, 5.41) is 11.4. The molecule has 6 unspecified atom stereocenters. The molecule has 0 spiro atoms. The Balaban J connectivity index is 1.37. The van der Waals surface area contributed by atoms with Crippen LogP contribution in [0.15, 0.2) is 109 Å². The first-order valence-electron chi connectivity index (χ1n) is 16.9. The highest BCUT2D eigenvalue weighted by Gasteiger charge is 2.66. The lowest BCUT2D eigenvalue weighted by Gasteiger charge is -2.55. The Morgan fingerprint density at radius 2 is 1.61 bits per heavy atom. The minimum Gasteiger partial charge on any atom is -0.504 e. The number of hydrogen-bond acceptors (Lipinski definition) is 6. The van der Waals surface area contributed by atoms with Gasteiger partial charge in [-0.1, -0.05) is 90.0 Å². The van der Waals surface area contributed by atoms with E-state index in [-0.39, 0.29) is 41.3 Å². The number of imide groups is 1. The fourth-order valence-electron chi connectivity index (χ4n) is 9.14. The highest BCUT2D eigenvalue weighted by Crippen LogP contribution is 2.64. The van der Waals surface area contributed by atoms with Gasteiger partial charge in [0.2, 0.25) is 11.8 Å². The minimum absolute atomic E-state index is 0.0292. The molecule has 0 radical (unpaired) electrons. The number of phenolic OH excluding ortho intramolecular Hbond substituents is 1. The molecule has 4 aliphatic rings. The number of hydrogen-bond donors (Lipinski definition) is 1. The topological polar surface area (TPSA) is 101 Å². The zero-order valence-corrected chi connectivity index (χ0v) is 30.7. The monoisotopic (exact) mass is 809 g/mol. The molecular formula is C42H33ClINO6. The number of amides is 2. The number of nitrogens with zero attached hydrogens (tertiary/aromatic N) is 1. The smallest absolute Gasteiger partial charge is 0.238 e. The normalized spacial score (nSPS) is 27.0. The van der Waals surface area contributed by atoms with Gasteiger partial charge < -0.3 is 9.84 Å². The van der Waals surface area contributed by atoms with E-state index in [0.717, 1.165) is 11.1 Å². The zero-order chi connectivity index (χ0) is 35.8. The predicted molar refractivity (Wildman–Crippen MR) is 203 cm³/mol. The van der Waals surface area contributed by atoms with Crippen molar-refractivity contribution in [1.29, 1.82) is 0 Å². The molecule has 0 aromatic heterocycles. The second-order valence-electron chi connectivity index (χ2n) is 13.8. The lowest BCUT2D eigenvalue weighted by atomic mass is 9.44. The van der Waals surface area contributed by atoms with Crippen molar-refractivity contribution >= 4 is 68.8 Å². The molecule has 9 heteroatoms. The number of carbonyl (C=O) groups is 4. The molecule has 1 saturated carbocycles. The van der Waals surface area contributed by atoms with Crippen molar-refractivity contribution in [3.63, 3.8) is 0 Å². The van der Waals surface area contributed by atoms with Gasteiger partial charge in [-0.3, -0.25) is 19.2 Å². The van der Waals surface area contributed by atoms with Gasteiger partial charge in [0, 0.05) is 22.4 Å². The summed E-state index contributed by atoms with van der Waals surface area (Å²) >= 11 is 8.51. The predicted octanol–water partition coefficient (Wildman–Crippen LogP) is 8.00. The van der Waals surface area contributed by atoms with E-state index < -0.39 is 35.0 Å². The zero-order valence-electron chi connectivity index (χ0n) is 27.8. The first-order valence-corrected chi connectivity index (χ1v) is 18.3. The average Bonchev–Trinajstić information content (AvgIpc) is 3.40. The number of Topliss-reactive ketones (excluding diaryl/α,β-unsaturated/α-hetero) is 1. The maximum Gasteiger partial charge on any atom is 0.238 e. The summed E-state index contributed by atoms with van der Waals surface area (Å²) in [6, 6.07) is 27.3. The lowest BCUT2D eigenvalue weighted by Crippen LogP contribution is -2.58. The molecule has 51 heavy (non-hydrogen) atoms. The number of halogens is 2. The second kappa shape index (κ2) is 12.6. The van der Waals surface area contributed by atoms with E-state index in [0.29, 0.717) is 43.0 Å². The fraction of sp³-hybridized carbons (Fsp3) is 0.238. The van der Waals surface area contributed by atoms with Gasteiger partial charge in [0.15, 0.2) is 23.1 Å². The van der Waals surface area contributed by atoms with Crippen LogP contribution in [0.2, 0.25) is 5.02 Å². The number of rotatable bonds is 5. The van der Waals surface area contributed by atoms with Crippen LogP contribution in [0.1, 0.15) is 41.0 Å². The van der Waals surface area contributed by atoms with Crippen LogP contribution in [0.5, 0.6) is 11.5 Å². The number of benzene rings is 4. The van der Waals surface area contributed by atoms with Crippen molar-refractivity contribution in [3.8, 4) is 11.5 Å². The minimum atomic E-state index is -1.38. The van der Waals surface area contributed by atoms with E-state index in [2.05, 4.69) is 0 Å². The summed E-state index contributed by atoms with van der Waals surface area (Å²) < 4.78 is 6.13. The highest BCUT2D eigenvalue weighted by molar-refractivity contribution is 14.1. The highest BCUT2D eigenvalue weighted by atomic mass is 127. The number of methoxy groups -OCH3 is 1. The molecule has 2 amide bonds. The van der Waals surface area contributed by atoms with Crippen molar-refractivity contribution < 1.29 is 29.0 Å². The molecule has 8 rings (SSSR count). The molecule has 2 fully saturated rings. The molecule has 1 heterocycles. The van der Waals surface area contributed by atoms with E-state index in [1.165, 1.54) is 18.1 Å². The van der Waals surface area contributed by atoms with Crippen molar-refractivity contribution in [2.24, 2.45) is 23.7 Å². The van der Waals surface area contributed by atoms with Gasteiger partial charge in [-0.2, -0.15) is 0 Å². The summed E-state index contributed by atoms with van der Waals surface area (Å²) in [5.41, 5.74) is 3.04. The van der Waals surface area contributed by atoms with Crippen molar-refractivity contribution in [1.82, 2.24) is 0 Å². The number of ether oxygens (including phenoxy) is 1. The first kappa shape index (κ1) is 33.6. The maximum absolute atomic E-state index is 15.2. The third kappa shape index (κ3) is 4.97. The molecule has 4 aromatic carbocycles. The largest absolute Gasteiger partial charge is 0.504 e. The quantitative estimate of drug-likeness (QED) is 0.125. The van der Waals surface area contributed by atoms with Crippen LogP contribution in [-0.4, -0.2) is 35.6 Å². The van der Waals surface area contributed by atoms with Crippen molar-refractivity contribution in [2.45, 2.75) is 31.1 Å². The third-order valence-electron chi connectivity index (χ3n) is 11.4. The molecule has 1 saturated heterocycles. The van der Waals surface area contributed by atoms with E-state index in [4.69, 9.17) is 16.3 Å². The second-order valence-corrected chi connectivity index (χ2v) is 15.4. The molecule has 3 aliphatic carbocycles. The number of carbonyl (C=O) groups excluding carboxylic acids is 4. The van der Waals surface area contributed by atoms with Crippen LogP contribution < -0.4 is 9.64 Å². The van der Waals surface area contributed by atoms with E-state index in [1.54, 1.807) is 24.3 Å². The number of fused-ring (bicyclic) bond motifs is 4. The summed E-state index contributed by atoms with van der Waals surface area (Å²) in [6.45, 7) is 1.86. The van der Waals surface area contributed by atoms with Crippen molar-refractivity contribution in [2.75, 3.05) is 12.0 Å². The Morgan fingerprint density at radius 3 is 2.29 bits per heavy atom. The van der Waals surface area contributed by atoms with Crippen LogP contribution in [-0.2, 0) is 24.6 Å². The average molecular weight is 810 g/mol. The Hall–Kier alpha value is -4.54. The molecule has 4 aromatic rings. The number of anilines is 1. The summed E-state index contributed by atoms with van der Waals surface area (Å²) in [5.74, 6) is -4.33. The Bertz CT molecular complexity index is 2220. The number of aryl methyl sites for hydroxylation is 1. The molecule has 6 atom stereocenters. The van der Waals surface area contributed by atoms with Gasteiger partial charge in [0.05, 0.1) is 33.6 Å². The van der Waals surface area contributed by atoms with Crippen LogP contribution in [0, 0.1) is 34.2 Å². The first-order chi connectivity index (χ1) is 24.6. The Kier molecular flexibility index (Phi) is 8.30. The Morgan fingerprint density at radius 1 is 0.902 bits per heavy atom. The van der Waals surface area contributed by atoms with E-state index in [9.17, 15) is 14.7 Å². The van der Waals surface area contributed by atoms with Crippen molar-refractivity contribution in [3.05, 3.63) is 140 Å². The number of ketones is 2. The van der Waals surface area contributed by atoms with Crippen LogP contribution in [0.25, 0.3) is 5.57 Å². The van der Waals surface area contributed by atoms with Crippen LogP contribution >= 0.6 is 34.2 Å². The van der Waals surface area contributed by atoms with E-state index in [1.807, 2.05) is 102 Å². The number of aromatic hydroxyl groups is 1. The fourth-order valence-corrected chi connectivity index (χ4v) is 9.94. The lowest BCUT2D eigenvalue weighted by molar-refractivity contribution is -0.135. The number of phenols is 1. The standard InChI is InChI=1S/C42H33ClINO6/c1-22-13-14-26(19-32(22)43)45-40(49)28-16-15-27-30(36(28)41(45)50)20-31-38(47)29(23-9-5-3-6-10-23)21-35(46)42(31,25-11-7-4-8-12-25)37(27)24-17-33(44)39(48)34(18-24)51-2/h3-15,17-19,21,28,30-31,36-37,48H,16,20H2,1-2H3. The van der Waals surface area contributed by atoms with Gasteiger partial charge in [-0.05, 0) is 101 Å². The maximum atomic E-state index is 15.2. The van der Waals surface area contributed by atoms with Gasteiger partial charge >= 0.3 is 0 Å². The van der Waals surface area contributed by atoms with Crippen LogP contribution in [0.4, 0.5) is 5.69 Å². The van der Waals surface area contributed by atoms with Gasteiger partial charge in [-0.15, -0.1) is 0 Å². The van der Waals surface area contributed by atoms with Gasteiger partial charge in [0.25, 0.3) is 0 Å². The summed E-state index contributed by atoms with van der Waals surface area (Å²) in [4.78, 5) is 60.3. The summed E-state index contributed by atoms with van der Waals surface area (Å²) in [7, 11) is 1.47. The van der Waals surface area contributed by atoms with E-state index >= 15 is 9.59 Å². The summed E-state index contributed by atoms with van der Waals surface area (Å²) in [6.07, 6.45) is 4.01. The van der Waals surface area contributed by atoms with Gasteiger partial charge in [0.1, 0.15) is 0 Å². The molecule has 1 aliphatic heterocycles. The molecule has 7 nitrogen and oxygen atoms in total.